The maximum Gasteiger partial charge on any atom is -0.00934 e. The Morgan fingerprint density at radius 2 is 0.882 bits per heavy atom. The van der Waals surface area contributed by atoms with E-state index >= 15 is 0 Å². The number of hydrogen-bond acceptors (Lipinski definition) is 1. The Morgan fingerprint density at radius 3 is 1.18 bits per heavy atom. The normalized spacial score (nSPS) is 9.18. The van der Waals surface area contributed by atoms with Crippen molar-refractivity contribution in [2.24, 2.45) is 0 Å². The highest BCUT2D eigenvalue weighted by Gasteiger charge is 1.91. The lowest BCUT2D eigenvalue weighted by Crippen LogP contribution is -1.73. The molecule has 3 aromatic rings. The second kappa shape index (κ2) is 6.66. The van der Waals surface area contributed by atoms with Crippen LogP contribution in [0.2, 0.25) is 0 Å². The first-order chi connectivity index (χ1) is 8.47. The summed E-state index contributed by atoms with van der Waals surface area (Å²) in [7, 11) is 0. The molecule has 0 N–H and O–H groups in total. The van der Waals surface area contributed by atoms with Crippen LogP contribution in [0.15, 0.2) is 83.6 Å². The summed E-state index contributed by atoms with van der Waals surface area (Å²) < 4.78 is 0. The fourth-order valence-corrected chi connectivity index (χ4v) is 1.94. The summed E-state index contributed by atoms with van der Waals surface area (Å²) in [6, 6.07) is 24.8. The molecule has 0 aliphatic heterocycles. The summed E-state index contributed by atoms with van der Waals surface area (Å²) in [4.78, 5) is 0. The highest BCUT2D eigenvalue weighted by atomic mass is 32.1. The van der Waals surface area contributed by atoms with Crippen LogP contribution in [0, 0.1) is 0 Å². The molecule has 0 spiro atoms. The molecule has 1 aromatic heterocycles. The smallest absolute Gasteiger partial charge is 0.00934 e. The van der Waals surface area contributed by atoms with Crippen LogP contribution in [0.5, 0.6) is 0 Å². The van der Waals surface area contributed by atoms with E-state index in [1.54, 1.807) is 11.3 Å². The molecule has 0 nitrogen and oxygen atoms in total. The molecule has 0 aliphatic rings. The zero-order valence-electron chi connectivity index (χ0n) is 9.49. The van der Waals surface area contributed by atoms with Gasteiger partial charge >= 0.3 is 0 Å². The van der Waals surface area contributed by atoms with Gasteiger partial charge in [-0.15, -0.1) is 0 Å². The van der Waals surface area contributed by atoms with E-state index in [9.17, 15) is 0 Å². The van der Waals surface area contributed by atoms with Gasteiger partial charge in [-0.3, -0.25) is 0 Å². The van der Waals surface area contributed by atoms with Crippen molar-refractivity contribution in [2.75, 3.05) is 0 Å². The van der Waals surface area contributed by atoms with Crippen molar-refractivity contribution in [1.82, 2.24) is 0 Å². The van der Waals surface area contributed by atoms with Gasteiger partial charge in [-0.2, -0.15) is 11.3 Å². The predicted molar refractivity (Wildman–Crippen MR) is 76.2 cm³/mol. The highest BCUT2D eigenvalue weighted by molar-refractivity contribution is 7.07. The first-order valence-electron chi connectivity index (χ1n) is 5.54. The zero-order valence-corrected chi connectivity index (χ0v) is 10.3. The third-order valence-electron chi connectivity index (χ3n) is 2.31. The average Bonchev–Trinajstić information content (AvgIpc) is 3.00. The maximum atomic E-state index is 2.12. The van der Waals surface area contributed by atoms with Crippen molar-refractivity contribution >= 4 is 11.3 Å². The molecule has 0 radical (unpaired) electrons. The molecule has 1 heterocycles. The number of rotatable bonds is 1. The van der Waals surface area contributed by atoms with Crippen LogP contribution in [-0.2, 0) is 0 Å². The number of benzene rings is 2. The largest absolute Gasteiger partial charge is 0.152 e. The van der Waals surface area contributed by atoms with Crippen molar-refractivity contribution in [1.29, 1.82) is 0 Å². The Balaban J connectivity index is 0.000000181. The lowest BCUT2D eigenvalue weighted by atomic mass is 10.1. The molecule has 0 bridgehead atoms. The third-order valence-corrected chi connectivity index (χ3v) is 2.93. The van der Waals surface area contributed by atoms with Gasteiger partial charge in [0.1, 0.15) is 0 Å². The summed E-state index contributed by atoms with van der Waals surface area (Å²) in [5, 5.41) is 4.08. The number of hydrogen-bond donors (Lipinski definition) is 0. The first kappa shape index (κ1) is 11.6. The van der Waals surface area contributed by atoms with Crippen LogP contribution in [0.1, 0.15) is 0 Å². The van der Waals surface area contributed by atoms with E-state index in [1.165, 1.54) is 11.1 Å². The molecule has 0 aliphatic carbocycles. The minimum atomic E-state index is 1.28. The summed E-state index contributed by atoms with van der Waals surface area (Å²) in [6.45, 7) is 0. The van der Waals surface area contributed by atoms with Crippen molar-refractivity contribution < 1.29 is 0 Å². The van der Waals surface area contributed by atoms with E-state index in [-0.39, 0.29) is 0 Å². The Kier molecular flexibility index (Phi) is 4.56. The van der Waals surface area contributed by atoms with Gasteiger partial charge in [0.25, 0.3) is 0 Å². The second-order valence-corrected chi connectivity index (χ2v) is 4.34. The molecule has 3 rings (SSSR count). The fraction of sp³-hybridized carbons (Fsp3) is 0. The summed E-state index contributed by atoms with van der Waals surface area (Å²) in [6.07, 6.45) is 0. The van der Waals surface area contributed by atoms with Crippen molar-refractivity contribution in [3.05, 3.63) is 83.6 Å². The van der Waals surface area contributed by atoms with Crippen LogP contribution in [0.25, 0.3) is 11.1 Å². The predicted octanol–water partition coefficient (Wildman–Crippen LogP) is 5.10. The van der Waals surface area contributed by atoms with Gasteiger partial charge < -0.3 is 0 Å². The molecule has 2 aromatic carbocycles. The van der Waals surface area contributed by atoms with Crippen molar-refractivity contribution in [3.8, 4) is 11.1 Å². The van der Waals surface area contributed by atoms with Crippen LogP contribution in [0.3, 0.4) is 0 Å². The summed E-state index contributed by atoms with van der Waals surface area (Å²) >= 11 is 1.71. The van der Waals surface area contributed by atoms with Gasteiger partial charge in [-0.1, -0.05) is 72.8 Å². The monoisotopic (exact) mass is 238 g/mol. The molecular weight excluding hydrogens is 224 g/mol. The molecule has 17 heavy (non-hydrogen) atoms. The van der Waals surface area contributed by atoms with Crippen molar-refractivity contribution in [3.63, 3.8) is 0 Å². The lowest BCUT2D eigenvalue weighted by Gasteiger charge is -1.98. The van der Waals surface area contributed by atoms with Gasteiger partial charge in [0.05, 0.1) is 0 Å². The Labute approximate surface area is 106 Å². The van der Waals surface area contributed by atoms with Gasteiger partial charge in [0, 0.05) is 0 Å². The van der Waals surface area contributed by atoms with Gasteiger partial charge in [-0.25, -0.2) is 0 Å². The van der Waals surface area contributed by atoms with E-state index in [0.717, 1.165) is 0 Å². The van der Waals surface area contributed by atoms with Crippen LogP contribution < -0.4 is 0 Å². The van der Waals surface area contributed by atoms with Gasteiger partial charge in [0.15, 0.2) is 0 Å². The van der Waals surface area contributed by atoms with E-state index < -0.39 is 0 Å². The Morgan fingerprint density at radius 1 is 0.471 bits per heavy atom. The molecule has 0 unspecified atom stereocenters. The fourth-order valence-electron chi connectivity index (χ4n) is 1.49. The summed E-state index contributed by atoms with van der Waals surface area (Å²) in [5.74, 6) is 0. The average molecular weight is 238 g/mol. The Hall–Kier alpha value is -1.86. The molecule has 1 heteroatoms. The van der Waals surface area contributed by atoms with Gasteiger partial charge in [0.2, 0.25) is 0 Å². The van der Waals surface area contributed by atoms with Crippen LogP contribution >= 0.6 is 11.3 Å². The third kappa shape index (κ3) is 3.89. The molecule has 84 valence electrons. The molecular formula is C16H14S. The highest BCUT2D eigenvalue weighted by Crippen LogP contribution is 2.17. The molecule has 0 saturated carbocycles. The minimum absolute atomic E-state index is 1.28. The van der Waals surface area contributed by atoms with Gasteiger partial charge in [-0.05, 0) is 21.9 Å². The quantitative estimate of drug-likeness (QED) is 0.553. The maximum absolute atomic E-state index is 2.12. The van der Waals surface area contributed by atoms with Crippen LogP contribution in [0.4, 0.5) is 0 Å². The standard InChI is InChI=1S/C12H10.C4H4S/c1-3-7-11(8-4-1)12-9-5-2-6-10-12;1-2-4-5-3-1/h1-10H;1-4H. The zero-order chi connectivity index (χ0) is 11.8. The molecule has 0 fully saturated rings. The minimum Gasteiger partial charge on any atom is -0.152 e. The molecule has 0 atom stereocenters. The van der Waals surface area contributed by atoms with E-state index in [0.29, 0.717) is 0 Å². The lowest BCUT2D eigenvalue weighted by molar-refractivity contribution is 1.62. The van der Waals surface area contributed by atoms with E-state index in [1.807, 2.05) is 35.0 Å². The first-order valence-corrected chi connectivity index (χ1v) is 6.49. The topological polar surface area (TPSA) is 0 Å². The van der Waals surface area contributed by atoms with Crippen molar-refractivity contribution in [2.45, 2.75) is 0 Å². The van der Waals surface area contributed by atoms with E-state index in [2.05, 4.69) is 48.5 Å². The number of thiophene rings is 1. The van der Waals surface area contributed by atoms with E-state index in [4.69, 9.17) is 0 Å². The molecule has 0 saturated heterocycles. The molecule has 0 amide bonds. The SMILES string of the molecule is c1ccc(-c2ccccc2)cc1.c1ccsc1. The summed E-state index contributed by atoms with van der Waals surface area (Å²) in [5.41, 5.74) is 2.55. The second-order valence-electron chi connectivity index (χ2n) is 3.53. The Bertz CT molecular complexity index is 443. The van der Waals surface area contributed by atoms with Crippen LogP contribution in [-0.4, -0.2) is 0 Å².